The van der Waals surface area contributed by atoms with Crippen LogP contribution in [0.4, 0.5) is 11.4 Å². The summed E-state index contributed by atoms with van der Waals surface area (Å²) in [5, 5.41) is 8.11. The van der Waals surface area contributed by atoms with Crippen LogP contribution in [0.15, 0.2) is 64.6 Å². The summed E-state index contributed by atoms with van der Waals surface area (Å²) in [6.45, 7) is 0. The van der Waals surface area contributed by atoms with Gasteiger partial charge < -0.3 is 21.1 Å². The molecule has 1 atom stereocenters. The molecule has 2 amide bonds. The maximum atomic E-state index is 12.3. The van der Waals surface area contributed by atoms with E-state index in [1.54, 1.807) is 24.3 Å². The molecule has 144 valence electrons. The zero-order chi connectivity index (χ0) is 19.9. The number of carbonyl (C=O) groups excluding carboxylic acids is 2. The zero-order valence-electron chi connectivity index (χ0n) is 15.2. The molecule has 3 rings (SSSR count). The van der Waals surface area contributed by atoms with Crippen molar-refractivity contribution in [3.63, 3.8) is 0 Å². The third kappa shape index (κ3) is 4.85. The molecule has 1 heterocycles. The van der Waals surface area contributed by atoms with E-state index in [0.717, 1.165) is 5.69 Å². The van der Waals surface area contributed by atoms with Crippen molar-refractivity contribution in [1.82, 2.24) is 5.32 Å². The van der Waals surface area contributed by atoms with Crippen molar-refractivity contribution in [1.29, 1.82) is 0 Å². The third-order valence-electron chi connectivity index (χ3n) is 3.85. The van der Waals surface area contributed by atoms with Gasteiger partial charge in [-0.25, -0.2) is 4.99 Å². The van der Waals surface area contributed by atoms with Crippen LogP contribution in [-0.2, 0) is 9.59 Å². The maximum absolute atomic E-state index is 12.3. The van der Waals surface area contributed by atoms with Crippen LogP contribution in [0.2, 0.25) is 0 Å². The van der Waals surface area contributed by atoms with E-state index in [1.165, 1.54) is 7.11 Å². The monoisotopic (exact) mass is 380 g/mol. The topological polar surface area (TPSA) is 130 Å². The van der Waals surface area contributed by atoms with Crippen LogP contribution in [0.1, 0.15) is 6.42 Å². The van der Waals surface area contributed by atoms with Gasteiger partial charge in [-0.1, -0.05) is 30.3 Å². The number of anilines is 2. The lowest BCUT2D eigenvalue weighted by atomic mass is 10.2. The molecule has 0 bridgehead atoms. The van der Waals surface area contributed by atoms with Gasteiger partial charge in [0.05, 0.1) is 19.2 Å². The molecule has 0 saturated carbocycles. The normalized spacial score (nSPS) is 16.2. The van der Waals surface area contributed by atoms with Crippen LogP contribution < -0.4 is 26.4 Å². The molecule has 0 saturated heterocycles. The van der Waals surface area contributed by atoms with Gasteiger partial charge in [-0.3, -0.25) is 14.9 Å². The smallest absolute Gasteiger partial charge is 0.252 e. The highest BCUT2D eigenvalue weighted by Crippen LogP contribution is 2.23. The van der Waals surface area contributed by atoms with Crippen LogP contribution >= 0.6 is 0 Å². The van der Waals surface area contributed by atoms with Gasteiger partial charge in [0, 0.05) is 5.69 Å². The predicted molar refractivity (Wildman–Crippen MR) is 107 cm³/mol. The molecule has 0 aliphatic carbocycles. The molecule has 5 N–H and O–H groups in total. The van der Waals surface area contributed by atoms with Crippen molar-refractivity contribution in [3.8, 4) is 5.75 Å². The van der Waals surface area contributed by atoms with Gasteiger partial charge in [0.25, 0.3) is 5.91 Å². The number of hydrogen-bond donors (Lipinski definition) is 4. The Hall–Kier alpha value is -3.88. The molecule has 2 aromatic carbocycles. The summed E-state index contributed by atoms with van der Waals surface area (Å²) in [6, 6.07) is 15.3. The van der Waals surface area contributed by atoms with E-state index in [1.807, 2.05) is 30.3 Å². The summed E-state index contributed by atoms with van der Waals surface area (Å²) in [4.78, 5) is 32.5. The summed E-state index contributed by atoms with van der Waals surface area (Å²) < 4.78 is 5.19. The second-order valence-corrected chi connectivity index (χ2v) is 5.90. The number of benzene rings is 2. The Bertz CT molecular complexity index is 926. The molecule has 0 fully saturated rings. The first-order chi connectivity index (χ1) is 13.5. The van der Waals surface area contributed by atoms with Gasteiger partial charge in [0.1, 0.15) is 11.8 Å². The molecular weight excluding hydrogens is 360 g/mol. The molecule has 0 radical (unpaired) electrons. The first kappa shape index (κ1) is 18.9. The number of para-hydroxylation sites is 3. The number of aliphatic imine (C=N–C) groups is 2. The highest BCUT2D eigenvalue weighted by molar-refractivity contribution is 6.11. The minimum Gasteiger partial charge on any atom is -0.495 e. The first-order valence-corrected chi connectivity index (χ1v) is 8.53. The van der Waals surface area contributed by atoms with Crippen LogP contribution in [0.5, 0.6) is 5.75 Å². The van der Waals surface area contributed by atoms with Gasteiger partial charge >= 0.3 is 0 Å². The number of nitrogens with two attached hydrogens (primary N) is 1. The first-order valence-electron chi connectivity index (χ1n) is 8.53. The van der Waals surface area contributed by atoms with E-state index in [0.29, 0.717) is 11.4 Å². The largest absolute Gasteiger partial charge is 0.495 e. The number of methoxy groups -OCH3 is 1. The van der Waals surface area contributed by atoms with Crippen LogP contribution in [0, 0.1) is 0 Å². The van der Waals surface area contributed by atoms with E-state index < -0.39 is 11.9 Å². The number of ether oxygens (including phenoxy) is 1. The average molecular weight is 380 g/mol. The lowest BCUT2D eigenvalue weighted by Crippen LogP contribution is -2.32. The summed E-state index contributed by atoms with van der Waals surface area (Å²) in [6.07, 6.45) is -0.130. The van der Waals surface area contributed by atoms with Crippen LogP contribution in [-0.4, -0.2) is 36.9 Å². The number of nitrogens with zero attached hydrogens (tertiary/aromatic N) is 2. The number of amides is 2. The Kier molecular flexibility index (Phi) is 5.85. The molecule has 1 aliphatic heterocycles. The zero-order valence-corrected chi connectivity index (χ0v) is 15.2. The summed E-state index contributed by atoms with van der Waals surface area (Å²) in [5.74, 6) is -0.124. The molecule has 1 aliphatic rings. The van der Waals surface area contributed by atoms with Crippen molar-refractivity contribution in [2.24, 2.45) is 15.7 Å². The van der Waals surface area contributed by atoms with Crippen molar-refractivity contribution >= 4 is 35.1 Å². The maximum Gasteiger partial charge on any atom is 0.252 e. The lowest BCUT2D eigenvalue weighted by Gasteiger charge is -2.10. The molecule has 9 nitrogen and oxygen atoms in total. The second-order valence-electron chi connectivity index (χ2n) is 5.90. The molecular formula is C19H20N6O3. The molecule has 0 spiro atoms. The van der Waals surface area contributed by atoms with Gasteiger partial charge in [-0.05, 0) is 24.3 Å². The van der Waals surface area contributed by atoms with Crippen molar-refractivity contribution in [3.05, 3.63) is 54.6 Å². The fourth-order valence-corrected chi connectivity index (χ4v) is 2.56. The highest BCUT2D eigenvalue weighted by atomic mass is 16.5. The second kappa shape index (κ2) is 8.67. The fourth-order valence-electron chi connectivity index (χ4n) is 2.56. The number of guanidine groups is 2. The number of nitrogens with one attached hydrogen (secondary N) is 3. The van der Waals surface area contributed by atoms with Gasteiger partial charge in [-0.15, -0.1) is 0 Å². The van der Waals surface area contributed by atoms with E-state index in [2.05, 4.69) is 25.9 Å². The molecule has 0 aromatic heterocycles. The van der Waals surface area contributed by atoms with Crippen molar-refractivity contribution in [2.75, 3.05) is 17.7 Å². The minimum atomic E-state index is -0.877. The standard InChI is InChI=1S/C19H20N6O3/c1-28-15-10-6-5-9-13(15)22-16(26)11-14-17(27)24-19(23-14)25-18(20)21-12-7-3-2-4-8-12/h2-10,14H,11H2,1H3,(H,22,26)(H4,20,21,23,24,25,27). The number of carbonyl (C=O) groups is 2. The minimum absolute atomic E-state index is 0.0565. The summed E-state index contributed by atoms with van der Waals surface area (Å²) in [7, 11) is 1.51. The Morgan fingerprint density at radius 3 is 2.64 bits per heavy atom. The molecule has 28 heavy (non-hydrogen) atoms. The number of rotatable bonds is 5. The Labute approximate surface area is 161 Å². The van der Waals surface area contributed by atoms with Gasteiger partial charge in [0.2, 0.25) is 17.8 Å². The van der Waals surface area contributed by atoms with Crippen molar-refractivity contribution in [2.45, 2.75) is 12.5 Å². The van der Waals surface area contributed by atoms with Gasteiger partial charge in [0.15, 0.2) is 0 Å². The molecule has 2 aromatic rings. The number of hydrogen-bond acceptors (Lipinski definition) is 5. The highest BCUT2D eigenvalue weighted by Gasteiger charge is 2.29. The van der Waals surface area contributed by atoms with Crippen molar-refractivity contribution < 1.29 is 14.3 Å². The average Bonchev–Trinajstić information content (AvgIpc) is 3.01. The van der Waals surface area contributed by atoms with Gasteiger partial charge in [-0.2, -0.15) is 4.99 Å². The SMILES string of the molecule is COc1ccccc1NC(=O)CC1N=C(/N=C(\N)Nc2ccccc2)NC1=O. The van der Waals surface area contributed by atoms with Crippen LogP contribution in [0.3, 0.4) is 0 Å². The summed E-state index contributed by atoms with van der Waals surface area (Å²) >= 11 is 0. The summed E-state index contributed by atoms with van der Waals surface area (Å²) in [5.41, 5.74) is 7.10. The fraction of sp³-hybridized carbons (Fsp3) is 0.158. The van der Waals surface area contributed by atoms with E-state index in [9.17, 15) is 9.59 Å². The lowest BCUT2D eigenvalue weighted by molar-refractivity contribution is -0.123. The molecule has 1 unspecified atom stereocenters. The third-order valence-corrected chi connectivity index (χ3v) is 3.85. The Balaban J connectivity index is 1.61. The van der Waals surface area contributed by atoms with E-state index >= 15 is 0 Å². The predicted octanol–water partition coefficient (Wildman–Crippen LogP) is 1.30. The Morgan fingerprint density at radius 1 is 1.18 bits per heavy atom. The Morgan fingerprint density at radius 2 is 1.89 bits per heavy atom. The quantitative estimate of drug-likeness (QED) is 0.459. The van der Waals surface area contributed by atoms with E-state index in [4.69, 9.17) is 10.5 Å². The van der Waals surface area contributed by atoms with Crippen LogP contribution in [0.25, 0.3) is 0 Å². The van der Waals surface area contributed by atoms with E-state index in [-0.39, 0.29) is 24.2 Å². The molecule has 9 heteroatoms.